The predicted molar refractivity (Wildman–Crippen MR) is 54.1 cm³/mol. The van der Waals surface area contributed by atoms with E-state index in [9.17, 15) is 18.0 Å². The average Bonchev–Trinajstić information content (AvgIpc) is 2.22. The van der Waals surface area contributed by atoms with Gasteiger partial charge in [0.1, 0.15) is 0 Å². The minimum Gasteiger partial charge on any atom is -0.368 e. The van der Waals surface area contributed by atoms with Crippen LogP contribution < -0.4 is 11.1 Å². The SMILES string of the molecule is COC(CC(C)(NCC(F)(F)F)C(N)=O)OC. The van der Waals surface area contributed by atoms with E-state index in [4.69, 9.17) is 15.2 Å². The van der Waals surface area contributed by atoms with E-state index < -0.39 is 30.5 Å². The molecule has 17 heavy (non-hydrogen) atoms. The van der Waals surface area contributed by atoms with Crippen LogP contribution in [0.2, 0.25) is 0 Å². The zero-order valence-electron chi connectivity index (χ0n) is 9.93. The van der Waals surface area contributed by atoms with Crippen molar-refractivity contribution < 1.29 is 27.4 Å². The molecule has 8 heteroatoms. The summed E-state index contributed by atoms with van der Waals surface area (Å²) in [5, 5.41) is 2.08. The van der Waals surface area contributed by atoms with Gasteiger partial charge in [-0.3, -0.25) is 10.1 Å². The third-order valence-corrected chi connectivity index (χ3v) is 2.32. The molecule has 0 bridgehead atoms. The van der Waals surface area contributed by atoms with Crippen LogP contribution in [0.25, 0.3) is 0 Å². The summed E-state index contributed by atoms with van der Waals surface area (Å²) in [5.41, 5.74) is 3.53. The molecule has 5 nitrogen and oxygen atoms in total. The van der Waals surface area contributed by atoms with E-state index in [-0.39, 0.29) is 6.42 Å². The zero-order chi connectivity index (χ0) is 13.7. The third kappa shape index (κ3) is 5.85. The van der Waals surface area contributed by atoms with Crippen LogP contribution in [0, 0.1) is 0 Å². The first-order chi connectivity index (χ1) is 7.64. The number of hydrogen-bond donors (Lipinski definition) is 2. The van der Waals surface area contributed by atoms with Crippen LogP contribution in [-0.4, -0.2) is 44.7 Å². The lowest BCUT2D eigenvalue weighted by molar-refractivity contribution is -0.148. The summed E-state index contributed by atoms with van der Waals surface area (Å²) in [4.78, 5) is 11.2. The number of nitrogens with two attached hydrogens (primary N) is 1. The summed E-state index contributed by atoms with van der Waals surface area (Å²) in [6, 6.07) is 0. The van der Waals surface area contributed by atoms with Gasteiger partial charge < -0.3 is 15.2 Å². The van der Waals surface area contributed by atoms with Crippen molar-refractivity contribution in [3.05, 3.63) is 0 Å². The Hall–Kier alpha value is -0.860. The van der Waals surface area contributed by atoms with Gasteiger partial charge >= 0.3 is 6.18 Å². The molecule has 0 rings (SSSR count). The molecule has 0 spiro atoms. The maximum atomic E-state index is 12.1. The number of hydrogen-bond acceptors (Lipinski definition) is 4. The molecule has 0 aromatic heterocycles. The number of methoxy groups -OCH3 is 2. The van der Waals surface area contributed by atoms with Gasteiger partial charge in [-0.15, -0.1) is 0 Å². The van der Waals surface area contributed by atoms with Gasteiger partial charge in [0.15, 0.2) is 6.29 Å². The number of carbonyl (C=O) groups is 1. The van der Waals surface area contributed by atoms with E-state index in [1.54, 1.807) is 0 Å². The normalized spacial score (nSPS) is 15.9. The molecule has 0 aliphatic heterocycles. The highest BCUT2D eigenvalue weighted by atomic mass is 19.4. The molecule has 0 aliphatic carbocycles. The summed E-state index contributed by atoms with van der Waals surface area (Å²) in [7, 11) is 2.64. The quantitative estimate of drug-likeness (QED) is 0.648. The minimum absolute atomic E-state index is 0.120. The highest BCUT2D eigenvalue weighted by Gasteiger charge is 2.38. The number of carbonyl (C=O) groups excluding carboxylic acids is 1. The first-order valence-electron chi connectivity index (χ1n) is 4.82. The molecule has 0 fully saturated rings. The van der Waals surface area contributed by atoms with Crippen molar-refractivity contribution in [2.75, 3.05) is 20.8 Å². The number of ether oxygens (including phenoxy) is 2. The smallest absolute Gasteiger partial charge is 0.368 e. The van der Waals surface area contributed by atoms with Crippen molar-refractivity contribution in [1.82, 2.24) is 5.32 Å². The summed E-state index contributed by atoms with van der Waals surface area (Å²) >= 11 is 0. The third-order valence-electron chi connectivity index (χ3n) is 2.32. The van der Waals surface area contributed by atoms with Gasteiger partial charge in [0, 0.05) is 20.6 Å². The second-order valence-electron chi connectivity index (χ2n) is 3.77. The topological polar surface area (TPSA) is 73.6 Å². The molecule has 0 saturated carbocycles. The number of amides is 1. The molecule has 102 valence electrons. The van der Waals surface area contributed by atoms with Crippen molar-refractivity contribution in [1.29, 1.82) is 0 Å². The second kappa shape index (κ2) is 6.18. The van der Waals surface area contributed by atoms with Gasteiger partial charge in [0.05, 0.1) is 12.1 Å². The zero-order valence-corrected chi connectivity index (χ0v) is 9.93. The van der Waals surface area contributed by atoms with E-state index in [0.29, 0.717) is 0 Å². The Morgan fingerprint density at radius 2 is 1.82 bits per heavy atom. The second-order valence-corrected chi connectivity index (χ2v) is 3.77. The fourth-order valence-corrected chi connectivity index (χ4v) is 1.15. The molecule has 0 saturated heterocycles. The molecule has 0 heterocycles. The van der Waals surface area contributed by atoms with Crippen LogP contribution in [0.3, 0.4) is 0 Å². The van der Waals surface area contributed by atoms with Crippen molar-refractivity contribution in [3.8, 4) is 0 Å². The van der Waals surface area contributed by atoms with Crippen LogP contribution >= 0.6 is 0 Å². The maximum Gasteiger partial charge on any atom is 0.401 e. The van der Waals surface area contributed by atoms with Crippen LogP contribution in [0.1, 0.15) is 13.3 Å². The highest BCUT2D eigenvalue weighted by Crippen LogP contribution is 2.19. The lowest BCUT2D eigenvalue weighted by Gasteiger charge is -2.30. The standard InChI is InChI=1S/C9H17F3N2O3/c1-8(7(13)15,4-6(16-2)17-3)14-5-9(10,11)12/h6,14H,4-5H2,1-3H3,(H2,13,15). The van der Waals surface area contributed by atoms with Gasteiger partial charge in [-0.2, -0.15) is 13.2 Å². The van der Waals surface area contributed by atoms with E-state index in [2.05, 4.69) is 5.32 Å². The molecule has 0 aliphatic rings. The number of rotatable bonds is 7. The lowest BCUT2D eigenvalue weighted by atomic mass is 9.96. The van der Waals surface area contributed by atoms with Crippen molar-refractivity contribution in [2.45, 2.75) is 31.3 Å². The molecule has 0 radical (unpaired) electrons. The summed E-state index contributed by atoms with van der Waals surface area (Å²) < 4.78 is 45.9. The van der Waals surface area contributed by atoms with Gasteiger partial charge in [0.2, 0.25) is 5.91 Å². The largest absolute Gasteiger partial charge is 0.401 e. The highest BCUT2D eigenvalue weighted by molar-refractivity contribution is 5.84. The minimum atomic E-state index is -4.42. The molecule has 3 N–H and O–H groups in total. The van der Waals surface area contributed by atoms with E-state index in [1.807, 2.05) is 0 Å². The Kier molecular flexibility index (Phi) is 5.86. The predicted octanol–water partition coefficient (Wildman–Crippen LogP) is 0.391. The number of alkyl halides is 3. The van der Waals surface area contributed by atoms with Crippen LogP contribution in [-0.2, 0) is 14.3 Å². The number of primary amides is 1. The molecule has 0 aromatic carbocycles. The van der Waals surface area contributed by atoms with E-state index in [1.165, 1.54) is 21.1 Å². The van der Waals surface area contributed by atoms with Crippen LogP contribution in [0.5, 0.6) is 0 Å². The maximum absolute atomic E-state index is 12.1. The van der Waals surface area contributed by atoms with Crippen LogP contribution in [0.4, 0.5) is 13.2 Å². The lowest BCUT2D eigenvalue weighted by Crippen LogP contribution is -2.57. The average molecular weight is 258 g/mol. The van der Waals surface area contributed by atoms with Crippen LogP contribution in [0.15, 0.2) is 0 Å². The first-order valence-corrected chi connectivity index (χ1v) is 4.82. The Bertz CT molecular complexity index is 256. The van der Waals surface area contributed by atoms with Gasteiger partial charge in [-0.1, -0.05) is 0 Å². The molecule has 0 aromatic rings. The Labute approximate surface area is 97.4 Å². The Morgan fingerprint density at radius 3 is 2.12 bits per heavy atom. The Morgan fingerprint density at radius 1 is 1.35 bits per heavy atom. The van der Waals surface area contributed by atoms with Gasteiger partial charge in [-0.05, 0) is 6.92 Å². The van der Waals surface area contributed by atoms with E-state index >= 15 is 0 Å². The molecular weight excluding hydrogens is 241 g/mol. The monoisotopic (exact) mass is 258 g/mol. The van der Waals surface area contributed by atoms with Gasteiger partial charge in [-0.25, -0.2) is 0 Å². The number of nitrogens with one attached hydrogen (secondary N) is 1. The van der Waals surface area contributed by atoms with Crippen molar-refractivity contribution in [2.24, 2.45) is 5.73 Å². The summed E-state index contributed by atoms with van der Waals surface area (Å²) in [6.07, 6.45) is -5.36. The molecule has 1 unspecified atom stereocenters. The summed E-state index contributed by atoms with van der Waals surface area (Å²) in [5.74, 6) is -0.902. The molecular formula is C9H17F3N2O3. The molecule has 1 amide bonds. The van der Waals surface area contributed by atoms with E-state index in [0.717, 1.165) is 0 Å². The summed E-state index contributed by atoms with van der Waals surface area (Å²) in [6.45, 7) is -0.0430. The fourth-order valence-electron chi connectivity index (χ4n) is 1.15. The first kappa shape index (κ1) is 16.1. The van der Waals surface area contributed by atoms with Crippen molar-refractivity contribution in [3.63, 3.8) is 0 Å². The fraction of sp³-hybridized carbons (Fsp3) is 0.889. The Balaban J connectivity index is 4.62. The van der Waals surface area contributed by atoms with Crippen molar-refractivity contribution >= 4 is 5.91 Å². The van der Waals surface area contributed by atoms with Gasteiger partial charge in [0.25, 0.3) is 0 Å². The number of halogens is 3. The molecule has 1 atom stereocenters.